The minimum Gasteiger partial charge on any atom is -0.490 e. The molecule has 1 saturated carbocycles. The van der Waals surface area contributed by atoms with Gasteiger partial charge in [0.15, 0.2) is 5.96 Å². The molecular weight excluding hydrogens is 439 g/mol. The molecule has 1 aromatic heterocycles. The zero-order valence-corrected chi connectivity index (χ0v) is 17.5. The van der Waals surface area contributed by atoms with Crippen LogP contribution in [0.25, 0.3) is 0 Å². The van der Waals surface area contributed by atoms with Crippen molar-refractivity contribution in [3.05, 3.63) is 60.4 Å². The van der Waals surface area contributed by atoms with E-state index in [4.69, 9.17) is 4.74 Å². The van der Waals surface area contributed by atoms with Gasteiger partial charge in [0.2, 0.25) is 0 Å². The fraction of sp³-hybridized carbons (Fsp3) is 0.400. The monoisotopic (exact) mass is 466 g/mol. The first-order valence-electron chi connectivity index (χ1n) is 8.85. The van der Waals surface area contributed by atoms with Crippen LogP contribution in [-0.4, -0.2) is 37.7 Å². The minimum absolute atomic E-state index is 0. The molecule has 0 bridgehead atoms. The lowest BCUT2D eigenvalue weighted by molar-refractivity contribution is 0.243. The quantitative estimate of drug-likeness (QED) is 0.285. The first-order chi connectivity index (χ1) is 12.3. The van der Waals surface area contributed by atoms with Crippen molar-refractivity contribution in [2.24, 2.45) is 4.99 Å². The van der Waals surface area contributed by atoms with Crippen molar-refractivity contribution in [2.75, 3.05) is 26.7 Å². The van der Waals surface area contributed by atoms with Crippen molar-refractivity contribution in [3.8, 4) is 5.75 Å². The molecule has 0 unspecified atom stereocenters. The second-order valence-electron chi connectivity index (χ2n) is 6.39. The number of aromatic nitrogens is 1. The van der Waals surface area contributed by atoms with Crippen LogP contribution in [0, 0.1) is 0 Å². The summed E-state index contributed by atoms with van der Waals surface area (Å²) in [6.45, 7) is 2.16. The van der Waals surface area contributed by atoms with Crippen molar-refractivity contribution in [3.63, 3.8) is 0 Å². The fourth-order valence-corrected chi connectivity index (χ4v) is 3.21. The predicted molar refractivity (Wildman–Crippen MR) is 116 cm³/mol. The summed E-state index contributed by atoms with van der Waals surface area (Å²) in [7, 11) is 1.80. The highest BCUT2D eigenvalue weighted by atomic mass is 127. The lowest BCUT2D eigenvalue weighted by atomic mass is 9.64. The summed E-state index contributed by atoms with van der Waals surface area (Å²) in [6.07, 6.45) is 7.20. The van der Waals surface area contributed by atoms with Crippen LogP contribution >= 0.6 is 24.0 Å². The molecule has 0 aliphatic heterocycles. The van der Waals surface area contributed by atoms with Gasteiger partial charge in [-0.05, 0) is 30.5 Å². The second-order valence-corrected chi connectivity index (χ2v) is 6.39. The van der Waals surface area contributed by atoms with Gasteiger partial charge in [0.1, 0.15) is 12.4 Å². The molecular formula is C20H27IN4O. The number of nitrogens with one attached hydrogen (secondary N) is 2. The van der Waals surface area contributed by atoms with Gasteiger partial charge in [-0.3, -0.25) is 9.98 Å². The molecule has 6 heteroatoms. The van der Waals surface area contributed by atoms with E-state index in [2.05, 4.69) is 50.9 Å². The molecule has 1 aromatic carbocycles. The number of hydrogen-bond donors (Lipinski definition) is 2. The molecule has 1 heterocycles. The van der Waals surface area contributed by atoms with Gasteiger partial charge in [-0.15, -0.1) is 24.0 Å². The number of aliphatic imine (C=N–C) groups is 1. The second kappa shape index (κ2) is 10.4. The Morgan fingerprint density at radius 3 is 2.58 bits per heavy atom. The number of nitrogens with zero attached hydrogens (tertiary/aromatic N) is 2. The largest absolute Gasteiger partial charge is 0.490 e. The van der Waals surface area contributed by atoms with E-state index in [9.17, 15) is 0 Å². The molecule has 0 saturated heterocycles. The Kier molecular flexibility index (Phi) is 8.15. The Labute approximate surface area is 172 Å². The molecule has 2 N–H and O–H groups in total. The lowest BCUT2D eigenvalue weighted by Gasteiger charge is -2.43. The van der Waals surface area contributed by atoms with E-state index in [-0.39, 0.29) is 29.4 Å². The predicted octanol–water partition coefficient (Wildman–Crippen LogP) is 3.37. The SMILES string of the molecule is CN=C(NCCOc1cccnc1)NCC1(c2ccccc2)CCC1.I. The Hall–Kier alpha value is -1.83. The van der Waals surface area contributed by atoms with Crippen LogP contribution in [0.15, 0.2) is 59.9 Å². The molecule has 140 valence electrons. The van der Waals surface area contributed by atoms with Crippen LogP contribution in [0.5, 0.6) is 5.75 Å². The van der Waals surface area contributed by atoms with E-state index >= 15 is 0 Å². The maximum atomic E-state index is 5.64. The van der Waals surface area contributed by atoms with Gasteiger partial charge in [0.05, 0.1) is 12.7 Å². The van der Waals surface area contributed by atoms with E-state index in [1.165, 1.54) is 24.8 Å². The highest BCUT2D eigenvalue weighted by molar-refractivity contribution is 14.0. The topological polar surface area (TPSA) is 58.5 Å². The van der Waals surface area contributed by atoms with Gasteiger partial charge in [-0.1, -0.05) is 36.8 Å². The lowest BCUT2D eigenvalue weighted by Crippen LogP contribution is -2.49. The van der Waals surface area contributed by atoms with Crippen LogP contribution in [0.1, 0.15) is 24.8 Å². The number of ether oxygens (including phenoxy) is 1. The smallest absolute Gasteiger partial charge is 0.191 e. The molecule has 2 aromatic rings. The van der Waals surface area contributed by atoms with Crippen LogP contribution in [0.3, 0.4) is 0 Å². The van der Waals surface area contributed by atoms with E-state index in [1.54, 1.807) is 19.4 Å². The summed E-state index contributed by atoms with van der Waals surface area (Å²) in [5.41, 5.74) is 1.66. The van der Waals surface area contributed by atoms with E-state index in [0.717, 1.165) is 18.3 Å². The number of hydrogen-bond acceptors (Lipinski definition) is 3. The zero-order chi connectivity index (χ0) is 17.4. The highest BCUT2D eigenvalue weighted by Crippen LogP contribution is 2.43. The molecule has 1 fully saturated rings. The van der Waals surface area contributed by atoms with Crippen molar-refractivity contribution >= 4 is 29.9 Å². The van der Waals surface area contributed by atoms with Gasteiger partial charge in [0.25, 0.3) is 0 Å². The van der Waals surface area contributed by atoms with Gasteiger partial charge in [0, 0.05) is 25.2 Å². The molecule has 0 atom stereocenters. The highest BCUT2D eigenvalue weighted by Gasteiger charge is 2.38. The van der Waals surface area contributed by atoms with Gasteiger partial charge < -0.3 is 15.4 Å². The fourth-order valence-electron chi connectivity index (χ4n) is 3.21. The maximum Gasteiger partial charge on any atom is 0.191 e. The molecule has 0 radical (unpaired) electrons. The van der Waals surface area contributed by atoms with Gasteiger partial charge >= 0.3 is 0 Å². The third-order valence-electron chi connectivity index (χ3n) is 4.81. The molecule has 1 aliphatic rings. The van der Waals surface area contributed by atoms with Crippen molar-refractivity contribution in [1.29, 1.82) is 0 Å². The van der Waals surface area contributed by atoms with Gasteiger partial charge in [-0.25, -0.2) is 0 Å². The van der Waals surface area contributed by atoms with Crippen LogP contribution < -0.4 is 15.4 Å². The Morgan fingerprint density at radius 2 is 1.96 bits per heavy atom. The van der Waals surface area contributed by atoms with Crippen molar-refractivity contribution < 1.29 is 4.74 Å². The molecule has 0 spiro atoms. The van der Waals surface area contributed by atoms with Crippen molar-refractivity contribution in [2.45, 2.75) is 24.7 Å². The van der Waals surface area contributed by atoms with Gasteiger partial charge in [-0.2, -0.15) is 0 Å². The van der Waals surface area contributed by atoms with Crippen LogP contribution in [-0.2, 0) is 5.41 Å². The third-order valence-corrected chi connectivity index (χ3v) is 4.81. The summed E-state index contributed by atoms with van der Waals surface area (Å²) in [5.74, 6) is 1.60. The third kappa shape index (κ3) is 5.33. The average molecular weight is 466 g/mol. The Bertz CT molecular complexity index is 675. The Balaban J connectivity index is 0.00000243. The minimum atomic E-state index is 0. The summed E-state index contributed by atoms with van der Waals surface area (Å²) >= 11 is 0. The first-order valence-corrected chi connectivity index (χ1v) is 8.85. The van der Waals surface area contributed by atoms with Crippen molar-refractivity contribution in [1.82, 2.24) is 15.6 Å². The summed E-state index contributed by atoms with van der Waals surface area (Å²) in [5, 5.41) is 6.79. The summed E-state index contributed by atoms with van der Waals surface area (Å²) in [6, 6.07) is 14.6. The average Bonchev–Trinajstić information content (AvgIpc) is 2.64. The van der Waals surface area contributed by atoms with Crippen LogP contribution in [0.2, 0.25) is 0 Å². The van der Waals surface area contributed by atoms with Crippen LogP contribution in [0.4, 0.5) is 0 Å². The number of rotatable bonds is 7. The summed E-state index contributed by atoms with van der Waals surface area (Å²) < 4.78 is 5.64. The maximum absolute atomic E-state index is 5.64. The zero-order valence-electron chi connectivity index (χ0n) is 15.1. The molecule has 0 amide bonds. The molecule has 5 nitrogen and oxygen atoms in total. The number of benzene rings is 1. The molecule has 26 heavy (non-hydrogen) atoms. The molecule has 3 rings (SSSR count). The molecule has 1 aliphatic carbocycles. The van der Waals surface area contributed by atoms with E-state index < -0.39 is 0 Å². The van der Waals surface area contributed by atoms with E-state index in [1.807, 2.05) is 12.1 Å². The standard InChI is InChI=1S/C20H26N4O.HI/c1-21-19(23-13-14-25-18-9-5-12-22-15-18)24-16-20(10-6-11-20)17-7-3-2-4-8-17;/h2-5,7-9,12,15H,6,10-11,13-14,16H2,1H3,(H2,21,23,24);1H. The number of guanidine groups is 1. The number of pyridine rings is 1. The Morgan fingerprint density at radius 1 is 1.15 bits per heavy atom. The number of halogens is 1. The van der Waals surface area contributed by atoms with E-state index in [0.29, 0.717) is 13.2 Å². The first kappa shape index (κ1) is 20.5. The normalized spacial score (nSPS) is 15.3. The summed E-state index contributed by atoms with van der Waals surface area (Å²) in [4.78, 5) is 8.35.